The van der Waals surface area contributed by atoms with Crippen LogP contribution in [0.4, 0.5) is 0 Å². The van der Waals surface area contributed by atoms with Crippen molar-refractivity contribution < 1.29 is 13.2 Å². The Bertz CT molecular complexity index is 1090. The molecule has 2 aromatic heterocycles. The fraction of sp³-hybridized carbons (Fsp3) is 0.571. The number of aryl methyl sites for hydroxylation is 1. The average Bonchev–Trinajstić information content (AvgIpc) is 3.22. The van der Waals surface area contributed by atoms with Crippen LogP contribution in [0.5, 0.6) is 5.75 Å². The molecule has 0 amide bonds. The van der Waals surface area contributed by atoms with Gasteiger partial charge in [-0.05, 0) is 43.5 Å². The molecule has 0 atom stereocenters. The minimum atomic E-state index is -2.96. The van der Waals surface area contributed by atoms with Crippen LogP contribution >= 0.6 is 0 Å². The lowest BCUT2D eigenvalue weighted by Gasteiger charge is -2.09. The van der Waals surface area contributed by atoms with Crippen LogP contribution in [0.15, 0.2) is 42.7 Å². The minimum Gasteiger partial charge on any atom is -0.493 e. The first-order valence-electron chi connectivity index (χ1n) is 12.8. The molecular weight excluding hydrogens is 458 g/mol. The van der Waals surface area contributed by atoms with Gasteiger partial charge < -0.3 is 9.30 Å². The first-order chi connectivity index (χ1) is 16.6. The summed E-state index contributed by atoms with van der Waals surface area (Å²) in [4.78, 5) is 8.56. The zero-order valence-electron chi connectivity index (χ0n) is 22.8. The summed E-state index contributed by atoms with van der Waals surface area (Å²) in [5.41, 5.74) is 0.980. The summed E-state index contributed by atoms with van der Waals surface area (Å²) in [6.07, 6.45) is 12.2. The van der Waals surface area contributed by atoms with Crippen molar-refractivity contribution in [1.29, 1.82) is 0 Å². The smallest absolute Gasteiger partial charge is 0.147 e. The maximum atomic E-state index is 11.2. The highest BCUT2D eigenvalue weighted by Crippen LogP contribution is 2.28. The van der Waals surface area contributed by atoms with Gasteiger partial charge >= 0.3 is 0 Å². The minimum absolute atomic E-state index is 0.129. The van der Waals surface area contributed by atoms with Crippen molar-refractivity contribution in [3.63, 3.8) is 0 Å². The van der Waals surface area contributed by atoms with Crippen molar-refractivity contribution >= 4 is 20.7 Å². The predicted octanol–water partition coefficient (Wildman–Crippen LogP) is 7.18. The Morgan fingerprint density at radius 1 is 1.00 bits per heavy atom. The molecule has 7 heteroatoms. The Kier molecular flexibility index (Phi) is 14.3. The normalized spacial score (nSPS) is 11.0. The molecule has 0 saturated carbocycles. The monoisotopic (exact) mass is 503 g/mol. The van der Waals surface area contributed by atoms with Crippen LogP contribution in [0, 0.1) is 12.8 Å². The fourth-order valence-corrected chi connectivity index (χ4v) is 4.12. The summed E-state index contributed by atoms with van der Waals surface area (Å²) in [7, 11) is -2.96. The second-order valence-electron chi connectivity index (χ2n) is 9.20. The molecule has 0 fully saturated rings. The molecule has 3 aromatic rings. The van der Waals surface area contributed by atoms with Crippen molar-refractivity contribution in [2.24, 2.45) is 5.92 Å². The molecule has 3 rings (SSSR count). The second kappa shape index (κ2) is 16.3. The van der Waals surface area contributed by atoms with Crippen molar-refractivity contribution in [2.75, 3.05) is 18.6 Å². The first kappa shape index (κ1) is 30.6. The number of hydrogen-bond acceptors (Lipinski definition) is 5. The van der Waals surface area contributed by atoms with E-state index in [2.05, 4.69) is 44.6 Å². The zero-order valence-corrected chi connectivity index (χ0v) is 23.6. The highest BCUT2D eigenvalue weighted by atomic mass is 32.2. The van der Waals surface area contributed by atoms with Gasteiger partial charge in [-0.1, -0.05) is 72.8 Å². The van der Waals surface area contributed by atoms with Crippen LogP contribution in [0.25, 0.3) is 16.7 Å². The van der Waals surface area contributed by atoms with E-state index in [1.807, 2.05) is 48.0 Å². The fourth-order valence-electron chi connectivity index (χ4n) is 3.48. The summed E-state index contributed by atoms with van der Waals surface area (Å²) < 4.78 is 30.1. The van der Waals surface area contributed by atoms with E-state index in [-0.39, 0.29) is 5.75 Å². The molecule has 2 heterocycles. The lowest BCUT2D eigenvalue weighted by atomic mass is 10.1. The van der Waals surface area contributed by atoms with E-state index in [0.717, 1.165) is 28.4 Å². The topological polar surface area (TPSA) is 74.1 Å². The summed E-state index contributed by atoms with van der Waals surface area (Å²) in [6, 6.07) is 9.62. The number of aromatic nitrogens is 3. The molecule has 0 spiro atoms. The Morgan fingerprint density at radius 2 is 1.71 bits per heavy atom. The molecule has 0 aliphatic rings. The lowest BCUT2D eigenvalue weighted by molar-refractivity contribution is 0.321. The van der Waals surface area contributed by atoms with Gasteiger partial charge in [-0.2, -0.15) is 0 Å². The van der Waals surface area contributed by atoms with E-state index in [0.29, 0.717) is 18.9 Å². The SMILES string of the molecule is CCCC(C)C.CCCCC.Cc1nccc(-n2ccc3c(OCCCS(C)(=O)=O)cccc32)n1. The molecule has 0 aliphatic heterocycles. The Labute approximate surface area is 213 Å². The Hall–Kier alpha value is -2.41. The van der Waals surface area contributed by atoms with Gasteiger partial charge in [0.2, 0.25) is 0 Å². The van der Waals surface area contributed by atoms with E-state index in [1.165, 1.54) is 38.4 Å². The number of fused-ring (bicyclic) bond motifs is 1. The van der Waals surface area contributed by atoms with Crippen LogP contribution in [-0.4, -0.2) is 41.6 Å². The van der Waals surface area contributed by atoms with Gasteiger partial charge in [0.1, 0.15) is 27.2 Å². The third kappa shape index (κ3) is 12.2. The lowest BCUT2D eigenvalue weighted by Crippen LogP contribution is -2.08. The second-order valence-corrected chi connectivity index (χ2v) is 11.5. The van der Waals surface area contributed by atoms with Gasteiger partial charge in [0.25, 0.3) is 0 Å². The summed E-state index contributed by atoms with van der Waals surface area (Å²) in [6.45, 7) is 13.4. The predicted molar refractivity (Wildman–Crippen MR) is 148 cm³/mol. The standard InChI is InChI=1S/C17H19N3O3S.C6H14.C5H12/c1-13-18-9-7-17(19-13)20-10-8-14-15(20)5-3-6-16(14)23-11-4-12-24(2,21)22;1-4-5-6(2)3;1-3-5-4-2/h3,5-10H,4,11-12H2,1-2H3;6H,4-5H2,1-3H3;3-5H2,1-2H3. The third-order valence-electron chi connectivity index (χ3n) is 5.19. The van der Waals surface area contributed by atoms with Gasteiger partial charge in [0.05, 0.1) is 17.9 Å². The van der Waals surface area contributed by atoms with Crippen molar-refractivity contribution in [2.45, 2.75) is 80.1 Å². The number of benzene rings is 1. The third-order valence-corrected chi connectivity index (χ3v) is 6.22. The van der Waals surface area contributed by atoms with Crippen LogP contribution in [-0.2, 0) is 9.84 Å². The molecule has 0 aliphatic carbocycles. The molecule has 0 unspecified atom stereocenters. The van der Waals surface area contributed by atoms with Gasteiger partial charge in [-0.25, -0.2) is 18.4 Å². The van der Waals surface area contributed by atoms with Gasteiger partial charge in [0, 0.05) is 24.0 Å². The Morgan fingerprint density at radius 3 is 2.23 bits per heavy atom. The number of ether oxygens (including phenoxy) is 1. The van der Waals surface area contributed by atoms with Gasteiger partial charge in [-0.15, -0.1) is 0 Å². The van der Waals surface area contributed by atoms with E-state index in [4.69, 9.17) is 4.74 Å². The maximum Gasteiger partial charge on any atom is 0.147 e. The highest BCUT2D eigenvalue weighted by Gasteiger charge is 2.09. The van der Waals surface area contributed by atoms with Crippen LogP contribution in [0.2, 0.25) is 0 Å². The van der Waals surface area contributed by atoms with Crippen LogP contribution in [0.1, 0.15) is 79.0 Å². The summed E-state index contributed by atoms with van der Waals surface area (Å²) in [5, 5.41) is 0.966. The van der Waals surface area contributed by atoms with Crippen LogP contribution in [0.3, 0.4) is 0 Å². The zero-order chi connectivity index (χ0) is 26.3. The molecule has 1 aromatic carbocycles. The highest BCUT2D eigenvalue weighted by molar-refractivity contribution is 7.90. The first-order valence-corrected chi connectivity index (χ1v) is 14.9. The maximum absolute atomic E-state index is 11.2. The van der Waals surface area contributed by atoms with E-state index in [1.54, 1.807) is 6.20 Å². The molecule has 0 saturated heterocycles. The Balaban J connectivity index is 0.000000467. The van der Waals surface area contributed by atoms with Crippen molar-refractivity contribution in [1.82, 2.24) is 14.5 Å². The molecule has 0 N–H and O–H groups in total. The number of sulfone groups is 1. The molecule has 196 valence electrons. The van der Waals surface area contributed by atoms with Crippen LogP contribution < -0.4 is 4.74 Å². The van der Waals surface area contributed by atoms with E-state index < -0.39 is 9.84 Å². The summed E-state index contributed by atoms with van der Waals surface area (Å²) >= 11 is 0. The molecular formula is C28H45N3O3S. The number of hydrogen-bond donors (Lipinski definition) is 0. The van der Waals surface area contributed by atoms with Crippen molar-refractivity contribution in [3.05, 3.63) is 48.5 Å². The van der Waals surface area contributed by atoms with E-state index in [9.17, 15) is 8.42 Å². The quantitative estimate of drug-likeness (QED) is 0.274. The van der Waals surface area contributed by atoms with Crippen molar-refractivity contribution in [3.8, 4) is 11.6 Å². The molecule has 0 bridgehead atoms. The molecule has 0 radical (unpaired) electrons. The number of rotatable bonds is 10. The average molecular weight is 504 g/mol. The number of unbranched alkanes of at least 4 members (excludes halogenated alkanes) is 2. The van der Waals surface area contributed by atoms with Gasteiger partial charge in [-0.3, -0.25) is 0 Å². The summed E-state index contributed by atoms with van der Waals surface area (Å²) in [5.74, 6) is 3.28. The van der Waals surface area contributed by atoms with E-state index >= 15 is 0 Å². The number of nitrogens with zero attached hydrogens (tertiary/aromatic N) is 3. The van der Waals surface area contributed by atoms with Gasteiger partial charge in [0.15, 0.2) is 0 Å². The largest absolute Gasteiger partial charge is 0.493 e. The molecule has 6 nitrogen and oxygen atoms in total. The molecule has 35 heavy (non-hydrogen) atoms.